The number of aliphatic hydroxyl groups is 1. The van der Waals surface area contributed by atoms with Crippen molar-refractivity contribution in [1.29, 1.82) is 0 Å². The molecule has 0 bridgehead atoms. The van der Waals surface area contributed by atoms with Crippen LogP contribution in [0.2, 0.25) is 5.02 Å². The zero-order chi connectivity index (χ0) is 13.8. The fourth-order valence-electron chi connectivity index (χ4n) is 2.56. The second-order valence-corrected chi connectivity index (χ2v) is 5.60. The number of carbonyl (C=O) groups excluding carboxylic acids is 1. The van der Waals surface area contributed by atoms with Gasteiger partial charge < -0.3 is 10.4 Å². The van der Waals surface area contributed by atoms with E-state index in [1.165, 1.54) is 0 Å². The summed E-state index contributed by atoms with van der Waals surface area (Å²) < 4.78 is 0. The number of carbonyl (C=O) groups is 1. The monoisotopic (exact) mass is 281 g/mol. The molecule has 2 rings (SSSR count). The average Bonchev–Trinajstić information content (AvgIpc) is 2.58. The summed E-state index contributed by atoms with van der Waals surface area (Å²) in [4.78, 5) is 12.3. The van der Waals surface area contributed by atoms with E-state index >= 15 is 0 Å². The van der Waals surface area contributed by atoms with Gasteiger partial charge in [0.2, 0.25) is 0 Å². The van der Waals surface area contributed by atoms with E-state index in [4.69, 9.17) is 11.6 Å². The zero-order valence-corrected chi connectivity index (χ0v) is 11.9. The predicted molar refractivity (Wildman–Crippen MR) is 76.5 cm³/mol. The third-order valence-electron chi connectivity index (χ3n) is 3.81. The van der Waals surface area contributed by atoms with Gasteiger partial charge in [0, 0.05) is 10.6 Å². The van der Waals surface area contributed by atoms with Crippen molar-refractivity contribution in [3.63, 3.8) is 0 Å². The summed E-state index contributed by atoms with van der Waals surface area (Å²) in [5.74, 6) is -0.147. The maximum Gasteiger partial charge on any atom is 0.251 e. The molecule has 3 nitrogen and oxygen atoms in total. The maximum atomic E-state index is 12.3. The minimum atomic E-state index is -0.439. The number of nitrogens with one attached hydrogen (secondary N) is 1. The molecule has 2 unspecified atom stereocenters. The molecule has 0 heterocycles. The summed E-state index contributed by atoms with van der Waals surface area (Å²) >= 11 is 6.03. The van der Waals surface area contributed by atoms with Crippen LogP contribution in [0.5, 0.6) is 0 Å². The van der Waals surface area contributed by atoms with Crippen molar-refractivity contribution in [2.45, 2.75) is 51.2 Å². The lowest BCUT2D eigenvalue weighted by Gasteiger charge is -2.22. The molecule has 1 aliphatic carbocycles. The maximum absolute atomic E-state index is 12.3. The Bertz CT molecular complexity index is 461. The third-order valence-corrected chi connectivity index (χ3v) is 4.22. The van der Waals surface area contributed by atoms with E-state index < -0.39 is 6.10 Å². The van der Waals surface area contributed by atoms with E-state index in [1.807, 2.05) is 6.92 Å². The highest BCUT2D eigenvalue weighted by Crippen LogP contribution is 2.21. The van der Waals surface area contributed by atoms with Crippen LogP contribution in [0.3, 0.4) is 0 Å². The van der Waals surface area contributed by atoms with Crippen LogP contribution in [0.1, 0.15) is 48.0 Å². The molecule has 1 aromatic rings. The molecule has 1 fully saturated rings. The predicted octanol–water partition coefficient (Wildman–Crippen LogP) is 3.07. The van der Waals surface area contributed by atoms with Crippen molar-refractivity contribution < 1.29 is 9.90 Å². The minimum Gasteiger partial charge on any atom is -0.391 e. The molecule has 0 aliphatic heterocycles. The molecule has 1 aliphatic rings. The van der Waals surface area contributed by atoms with E-state index in [0.717, 1.165) is 37.7 Å². The van der Waals surface area contributed by atoms with Crippen molar-refractivity contribution in [3.05, 3.63) is 34.3 Å². The molecule has 2 atom stereocenters. The van der Waals surface area contributed by atoms with Crippen LogP contribution >= 0.6 is 11.6 Å². The lowest BCUT2D eigenvalue weighted by Crippen LogP contribution is -2.42. The topological polar surface area (TPSA) is 49.3 Å². The zero-order valence-electron chi connectivity index (χ0n) is 11.2. The van der Waals surface area contributed by atoms with Gasteiger partial charge in [0.25, 0.3) is 5.91 Å². The van der Waals surface area contributed by atoms with Gasteiger partial charge in [0.1, 0.15) is 0 Å². The van der Waals surface area contributed by atoms with E-state index in [2.05, 4.69) is 5.32 Å². The highest BCUT2D eigenvalue weighted by atomic mass is 35.5. The SMILES string of the molecule is Cc1c(Cl)cccc1C(=O)NC1CCCCCC1O. The van der Waals surface area contributed by atoms with Crippen molar-refractivity contribution in [1.82, 2.24) is 5.32 Å². The Balaban J connectivity index is 2.09. The van der Waals surface area contributed by atoms with Crippen LogP contribution in [-0.4, -0.2) is 23.2 Å². The van der Waals surface area contributed by atoms with Crippen LogP contribution in [0, 0.1) is 6.92 Å². The fraction of sp³-hybridized carbons (Fsp3) is 0.533. The molecule has 104 valence electrons. The first kappa shape index (κ1) is 14.4. The first-order valence-electron chi connectivity index (χ1n) is 6.83. The Labute approximate surface area is 119 Å². The summed E-state index contributed by atoms with van der Waals surface area (Å²) in [5, 5.41) is 13.6. The number of rotatable bonds is 2. The Morgan fingerprint density at radius 3 is 2.84 bits per heavy atom. The Kier molecular flexibility index (Phi) is 4.83. The molecule has 2 N–H and O–H groups in total. The molecular weight excluding hydrogens is 262 g/mol. The van der Waals surface area contributed by atoms with Gasteiger partial charge in [0.05, 0.1) is 12.1 Å². The highest BCUT2D eigenvalue weighted by Gasteiger charge is 2.24. The fourth-order valence-corrected chi connectivity index (χ4v) is 2.73. The van der Waals surface area contributed by atoms with Crippen molar-refractivity contribution in [2.75, 3.05) is 0 Å². The minimum absolute atomic E-state index is 0.145. The van der Waals surface area contributed by atoms with Crippen LogP contribution in [0.4, 0.5) is 0 Å². The summed E-state index contributed by atoms with van der Waals surface area (Å²) in [6.07, 6.45) is 4.37. The van der Waals surface area contributed by atoms with Gasteiger partial charge in [-0.05, 0) is 37.5 Å². The number of halogens is 1. The van der Waals surface area contributed by atoms with E-state index in [9.17, 15) is 9.90 Å². The van der Waals surface area contributed by atoms with Crippen LogP contribution < -0.4 is 5.32 Å². The second kappa shape index (κ2) is 6.40. The Morgan fingerprint density at radius 2 is 2.05 bits per heavy atom. The number of benzene rings is 1. The normalized spacial score (nSPS) is 23.7. The Morgan fingerprint density at radius 1 is 1.32 bits per heavy atom. The lowest BCUT2D eigenvalue weighted by atomic mass is 10.0. The molecule has 0 aromatic heterocycles. The third kappa shape index (κ3) is 3.48. The van der Waals surface area contributed by atoms with Crippen molar-refractivity contribution >= 4 is 17.5 Å². The summed E-state index contributed by atoms with van der Waals surface area (Å²) in [5.41, 5.74) is 1.37. The smallest absolute Gasteiger partial charge is 0.251 e. The molecule has 1 saturated carbocycles. The molecule has 1 amide bonds. The molecule has 4 heteroatoms. The number of amides is 1. The van der Waals surface area contributed by atoms with Crippen LogP contribution in [0.25, 0.3) is 0 Å². The summed E-state index contributed by atoms with van der Waals surface area (Å²) in [6, 6.07) is 5.16. The van der Waals surface area contributed by atoms with Gasteiger partial charge in [0.15, 0.2) is 0 Å². The average molecular weight is 282 g/mol. The Hall–Kier alpha value is -1.06. The lowest BCUT2D eigenvalue weighted by molar-refractivity contribution is 0.0818. The molecule has 0 saturated heterocycles. The molecule has 1 aromatic carbocycles. The quantitative estimate of drug-likeness (QED) is 0.819. The number of aliphatic hydroxyl groups excluding tert-OH is 1. The first-order chi connectivity index (χ1) is 9.09. The van der Waals surface area contributed by atoms with Crippen molar-refractivity contribution in [2.24, 2.45) is 0 Å². The van der Waals surface area contributed by atoms with Crippen LogP contribution in [-0.2, 0) is 0 Å². The van der Waals surface area contributed by atoms with Gasteiger partial charge in [-0.2, -0.15) is 0 Å². The molecular formula is C15H20ClNO2. The number of hydrogen-bond donors (Lipinski definition) is 2. The van der Waals surface area contributed by atoms with Gasteiger partial charge in [-0.1, -0.05) is 36.9 Å². The molecule has 19 heavy (non-hydrogen) atoms. The molecule has 0 spiro atoms. The molecule has 0 radical (unpaired) electrons. The van der Waals surface area contributed by atoms with Gasteiger partial charge >= 0.3 is 0 Å². The highest BCUT2D eigenvalue weighted by molar-refractivity contribution is 6.31. The number of hydrogen-bond acceptors (Lipinski definition) is 2. The van der Waals surface area contributed by atoms with E-state index in [-0.39, 0.29) is 11.9 Å². The van der Waals surface area contributed by atoms with E-state index in [1.54, 1.807) is 18.2 Å². The standard InChI is InChI=1S/C15H20ClNO2/c1-10-11(6-5-7-12(10)16)15(19)17-13-8-3-2-4-9-14(13)18/h5-7,13-14,18H,2-4,8-9H2,1H3,(H,17,19). The summed E-state index contributed by atoms with van der Waals surface area (Å²) in [7, 11) is 0. The summed E-state index contributed by atoms with van der Waals surface area (Å²) in [6.45, 7) is 1.83. The van der Waals surface area contributed by atoms with Gasteiger partial charge in [-0.25, -0.2) is 0 Å². The van der Waals surface area contributed by atoms with Crippen LogP contribution in [0.15, 0.2) is 18.2 Å². The van der Waals surface area contributed by atoms with Gasteiger partial charge in [-0.3, -0.25) is 4.79 Å². The van der Waals surface area contributed by atoms with E-state index in [0.29, 0.717) is 10.6 Å². The largest absolute Gasteiger partial charge is 0.391 e. The second-order valence-electron chi connectivity index (χ2n) is 5.20. The first-order valence-corrected chi connectivity index (χ1v) is 7.21. The van der Waals surface area contributed by atoms with Gasteiger partial charge in [-0.15, -0.1) is 0 Å². The van der Waals surface area contributed by atoms with Crippen molar-refractivity contribution in [3.8, 4) is 0 Å².